The predicted octanol–water partition coefficient (Wildman–Crippen LogP) is 4.49. The Morgan fingerprint density at radius 2 is 1.30 bits per heavy atom. The molecule has 23 heavy (non-hydrogen) atoms. The van der Waals surface area contributed by atoms with Crippen LogP contribution in [0.5, 0.6) is 0 Å². The molecule has 0 aromatic heterocycles. The minimum Gasteiger partial charge on any atom is -0.289 e. The maximum absolute atomic E-state index is 12.8. The standard InChI is InChI=1S/C19H13NO3/c21-19(14-8-2-1-3-9-14)17-12-5-4-10-15(17)16-11-6-7-13-18(16)20(22)23/h1-13H. The fourth-order valence-corrected chi connectivity index (χ4v) is 2.52. The third kappa shape index (κ3) is 2.87. The van der Waals surface area contributed by atoms with Crippen molar-refractivity contribution >= 4 is 11.5 Å². The molecule has 0 aliphatic heterocycles. The number of benzene rings is 3. The van der Waals surface area contributed by atoms with Crippen LogP contribution in [-0.4, -0.2) is 10.7 Å². The van der Waals surface area contributed by atoms with Gasteiger partial charge >= 0.3 is 0 Å². The first-order valence-corrected chi connectivity index (χ1v) is 7.11. The van der Waals surface area contributed by atoms with E-state index in [0.717, 1.165) is 0 Å². The Labute approximate surface area is 133 Å². The molecule has 0 bridgehead atoms. The van der Waals surface area contributed by atoms with Crippen LogP contribution in [0.3, 0.4) is 0 Å². The highest BCUT2D eigenvalue weighted by atomic mass is 16.6. The normalized spacial score (nSPS) is 10.3. The van der Waals surface area contributed by atoms with Crippen molar-refractivity contribution < 1.29 is 9.72 Å². The molecule has 0 atom stereocenters. The molecule has 0 N–H and O–H groups in total. The molecule has 0 aliphatic rings. The first kappa shape index (κ1) is 14.7. The largest absolute Gasteiger partial charge is 0.289 e. The molecule has 4 nitrogen and oxygen atoms in total. The number of hydrogen-bond donors (Lipinski definition) is 0. The van der Waals surface area contributed by atoms with Gasteiger partial charge in [-0.15, -0.1) is 0 Å². The van der Waals surface area contributed by atoms with E-state index in [-0.39, 0.29) is 11.5 Å². The van der Waals surface area contributed by atoms with Gasteiger partial charge < -0.3 is 0 Å². The zero-order valence-corrected chi connectivity index (χ0v) is 12.2. The first-order chi connectivity index (χ1) is 11.2. The lowest BCUT2D eigenvalue weighted by atomic mass is 9.93. The van der Waals surface area contributed by atoms with Crippen LogP contribution in [0.2, 0.25) is 0 Å². The van der Waals surface area contributed by atoms with E-state index in [1.165, 1.54) is 6.07 Å². The van der Waals surface area contributed by atoms with E-state index >= 15 is 0 Å². The summed E-state index contributed by atoms with van der Waals surface area (Å²) in [7, 11) is 0. The number of nitro groups is 1. The van der Waals surface area contributed by atoms with E-state index in [2.05, 4.69) is 0 Å². The van der Waals surface area contributed by atoms with Gasteiger partial charge in [0.15, 0.2) is 5.78 Å². The minimum atomic E-state index is -0.431. The van der Waals surface area contributed by atoms with Crippen molar-refractivity contribution in [1.82, 2.24) is 0 Å². The van der Waals surface area contributed by atoms with Crippen molar-refractivity contribution in [3.8, 4) is 11.1 Å². The molecule has 0 fully saturated rings. The monoisotopic (exact) mass is 303 g/mol. The van der Waals surface area contributed by atoms with Crippen LogP contribution in [0.4, 0.5) is 5.69 Å². The van der Waals surface area contributed by atoms with Crippen LogP contribution in [0.1, 0.15) is 15.9 Å². The average molecular weight is 303 g/mol. The summed E-state index contributed by atoms with van der Waals surface area (Å²) in [6.45, 7) is 0. The molecule has 3 aromatic rings. The molecular formula is C19H13NO3. The summed E-state index contributed by atoms with van der Waals surface area (Å²) < 4.78 is 0. The minimum absolute atomic E-state index is 0.0131. The average Bonchev–Trinajstić information content (AvgIpc) is 2.62. The Morgan fingerprint density at radius 3 is 2.00 bits per heavy atom. The Bertz CT molecular complexity index is 873. The molecule has 0 saturated heterocycles. The van der Waals surface area contributed by atoms with Gasteiger partial charge in [0.2, 0.25) is 0 Å². The topological polar surface area (TPSA) is 60.2 Å². The van der Waals surface area contributed by atoms with Crippen LogP contribution in [0.15, 0.2) is 78.9 Å². The van der Waals surface area contributed by atoms with Crippen LogP contribution in [0, 0.1) is 10.1 Å². The molecule has 4 heteroatoms. The lowest BCUT2D eigenvalue weighted by Crippen LogP contribution is -2.04. The molecule has 0 heterocycles. The molecule has 112 valence electrons. The predicted molar refractivity (Wildman–Crippen MR) is 88.4 cm³/mol. The maximum atomic E-state index is 12.8. The molecule has 0 unspecified atom stereocenters. The Morgan fingerprint density at radius 1 is 0.739 bits per heavy atom. The van der Waals surface area contributed by atoms with Gasteiger partial charge in [0.25, 0.3) is 5.69 Å². The molecular weight excluding hydrogens is 290 g/mol. The lowest BCUT2D eigenvalue weighted by Gasteiger charge is -2.09. The number of carbonyl (C=O) groups excluding carboxylic acids is 1. The van der Waals surface area contributed by atoms with Gasteiger partial charge in [-0.2, -0.15) is 0 Å². The highest BCUT2D eigenvalue weighted by molar-refractivity contribution is 6.13. The number of hydrogen-bond acceptors (Lipinski definition) is 3. The summed E-state index contributed by atoms with van der Waals surface area (Å²) in [6, 6.07) is 22.3. The van der Waals surface area contributed by atoms with Gasteiger partial charge in [-0.1, -0.05) is 66.7 Å². The molecule has 0 spiro atoms. The van der Waals surface area contributed by atoms with E-state index in [1.807, 2.05) is 6.07 Å². The van der Waals surface area contributed by atoms with E-state index in [9.17, 15) is 14.9 Å². The van der Waals surface area contributed by atoms with Crippen molar-refractivity contribution in [1.29, 1.82) is 0 Å². The maximum Gasteiger partial charge on any atom is 0.277 e. The molecule has 3 rings (SSSR count). The number of nitro benzene ring substituents is 1. The number of nitrogens with zero attached hydrogens (tertiary/aromatic N) is 1. The summed E-state index contributed by atoms with van der Waals surface area (Å²) in [5, 5.41) is 11.3. The van der Waals surface area contributed by atoms with Gasteiger partial charge in [0, 0.05) is 17.2 Å². The second-order valence-electron chi connectivity index (χ2n) is 5.01. The summed E-state index contributed by atoms with van der Waals surface area (Å²) in [5.41, 5.74) is 2.00. The zero-order chi connectivity index (χ0) is 16.2. The van der Waals surface area contributed by atoms with Crippen molar-refractivity contribution in [2.45, 2.75) is 0 Å². The second kappa shape index (κ2) is 6.23. The number of para-hydroxylation sites is 1. The van der Waals surface area contributed by atoms with Crippen molar-refractivity contribution in [2.75, 3.05) is 0 Å². The molecule has 0 saturated carbocycles. The molecule has 0 amide bonds. The first-order valence-electron chi connectivity index (χ1n) is 7.11. The van der Waals surface area contributed by atoms with E-state index < -0.39 is 4.92 Å². The van der Waals surface area contributed by atoms with Gasteiger partial charge in [-0.3, -0.25) is 14.9 Å². The highest BCUT2D eigenvalue weighted by Gasteiger charge is 2.20. The molecule has 0 radical (unpaired) electrons. The van der Waals surface area contributed by atoms with Crippen molar-refractivity contribution in [2.24, 2.45) is 0 Å². The van der Waals surface area contributed by atoms with Gasteiger partial charge in [0.05, 0.1) is 10.5 Å². The quantitative estimate of drug-likeness (QED) is 0.405. The second-order valence-corrected chi connectivity index (χ2v) is 5.01. The Kier molecular flexibility index (Phi) is 3.97. The van der Waals surface area contributed by atoms with Gasteiger partial charge in [-0.25, -0.2) is 0 Å². The van der Waals surface area contributed by atoms with Gasteiger partial charge in [0.1, 0.15) is 0 Å². The van der Waals surface area contributed by atoms with Crippen LogP contribution in [-0.2, 0) is 0 Å². The third-order valence-corrected chi connectivity index (χ3v) is 3.60. The fourth-order valence-electron chi connectivity index (χ4n) is 2.52. The van der Waals surface area contributed by atoms with E-state index in [4.69, 9.17) is 0 Å². The van der Waals surface area contributed by atoms with E-state index in [1.54, 1.807) is 66.7 Å². The summed E-state index contributed by atoms with van der Waals surface area (Å²) >= 11 is 0. The summed E-state index contributed by atoms with van der Waals surface area (Å²) in [6.07, 6.45) is 0. The SMILES string of the molecule is O=C(c1ccccc1)c1ccccc1-c1ccccc1[N+](=O)[O-]. The molecule has 0 aliphatic carbocycles. The van der Waals surface area contributed by atoms with Crippen LogP contribution < -0.4 is 0 Å². The Hall–Kier alpha value is -3.27. The zero-order valence-electron chi connectivity index (χ0n) is 12.2. The number of rotatable bonds is 4. The Balaban J connectivity index is 2.17. The smallest absolute Gasteiger partial charge is 0.277 e. The van der Waals surface area contributed by atoms with Crippen molar-refractivity contribution in [3.63, 3.8) is 0 Å². The van der Waals surface area contributed by atoms with E-state index in [0.29, 0.717) is 22.3 Å². The van der Waals surface area contributed by atoms with Crippen LogP contribution in [0.25, 0.3) is 11.1 Å². The van der Waals surface area contributed by atoms with Gasteiger partial charge in [-0.05, 0) is 11.6 Å². The number of ketones is 1. The lowest BCUT2D eigenvalue weighted by molar-refractivity contribution is -0.384. The highest BCUT2D eigenvalue weighted by Crippen LogP contribution is 2.32. The van der Waals surface area contributed by atoms with Crippen molar-refractivity contribution in [3.05, 3.63) is 100 Å². The van der Waals surface area contributed by atoms with Crippen LogP contribution >= 0.6 is 0 Å². The molecule has 3 aromatic carbocycles. The third-order valence-electron chi connectivity index (χ3n) is 3.60. The summed E-state index contributed by atoms with van der Waals surface area (Å²) in [5.74, 6) is -0.153. The number of carbonyl (C=O) groups is 1. The summed E-state index contributed by atoms with van der Waals surface area (Å²) in [4.78, 5) is 23.6. The fraction of sp³-hybridized carbons (Fsp3) is 0.